The Balaban J connectivity index is 1.91. The molecule has 1 aromatic rings. The van der Waals surface area contributed by atoms with Crippen LogP contribution < -0.4 is 9.47 Å². The molecule has 0 spiro atoms. The molecule has 1 heterocycles. The Labute approximate surface area is 156 Å². The molecular weight excluding hydrogens is 332 g/mol. The van der Waals surface area contributed by atoms with Gasteiger partial charge in [0.15, 0.2) is 11.5 Å². The molecule has 1 aliphatic rings. The van der Waals surface area contributed by atoms with E-state index in [-0.39, 0.29) is 17.7 Å². The van der Waals surface area contributed by atoms with Crippen LogP contribution in [0.15, 0.2) is 18.2 Å². The standard InChI is InChI=1S/C20H30N2O4/c1-5-16(6-2)20(24)22-11-9-21(10-12-22)19(23)14-15-7-8-17(25-3)18(13-15)26-4/h7-8,13,16H,5-6,9-12,14H2,1-4H3. The van der Waals surface area contributed by atoms with E-state index in [1.165, 1.54) is 0 Å². The van der Waals surface area contributed by atoms with Crippen LogP contribution in [0.1, 0.15) is 32.3 Å². The van der Waals surface area contributed by atoms with Crippen LogP contribution in [0.5, 0.6) is 11.5 Å². The van der Waals surface area contributed by atoms with Crippen LogP contribution in [0.25, 0.3) is 0 Å². The van der Waals surface area contributed by atoms with Crippen LogP contribution in [0.3, 0.4) is 0 Å². The summed E-state index contributed by atoms with van der Waals surface area (Å²) in [6, 6.07) is 5.53. The lowest BCUT2D eigenvalue weighted by Gasteiger charge is -2.36. The van der Waals surface area contributed by atoms with Gasteiger partial charge in [-0.15, -0.1) is 0 Å². The summed E-state index contributed by atoms with van der Waals surface area (Å²) in [5.41, 5.74) is 0.892. The van der Waals surface area contributed by atoms with Gasteiger partial charge in [0, 0.05) is 32.1 Å². The quantitative estimate of drug-likeness (QED) is 0.747. The number of benzene rings is 1. The maximum Gasteiger partial charge on any atom is 0.227 e. The Morgan fingerprint density at radius 1 is 0.962 bits per heavy atom. The van der Waals surface area contributed by atoms with Gasteiger partial charge in [0.05, 0.1) is 20.6 Å². The van der Waals surface area contributed by atoms with E-state index < -0.39 is 0 Å². The molecule has 6 nitrogen and oxygen atoms in total. The van der Waals surface area contributed by atoms with Gasteiger partial charge >= 0.3 is 0 Å². The largest absolute Gasteiger partial charge is 0.493 e. The lowest BCUT2D eigenvalue weighted by molar-refractivity contribution is -0.142. The van der Waals surface area contributed by atoms with Gasteiger partial charge in [-0.2, -0.15) is 0 Å². The summed E-state index contributed by atoms with van der Waals surface area (Å²) in [4.78, 5) is 28.8. The number of carbonyl (C=O) groups is 2. The van der Waals surface area contributed by atoms with Crippen molar-refractivity contribution in [1.29, 1.82) is 0 Å². The number of hydrogen-bond acceptors (Lipinski definition) is 4. The molecule has 6 heteroatoms. The lowest BCUT2D eigenvalue weighted by Crippen LogP contribution is -2.52. The van der Waals surface area contributed by atoms with Gasteiger partial charge < -0.3 is 19.3 Å². The molecule has 0 radical (unpaired) electrons. The number of nitrogens with zero attached hydrogens (tertiary/aromatic N) is 2. The molecule has 144 valence electrons. The average molecular weight is 362 g/mol. The fourth-order valence-electron chi connectivity index (χ4n) is 3.35. The van der Waals surface area contributed by atoms with E-state index >= 15 is 0 Å². The molecule has 2 amide bonds. The van der Waals surface area contributed by atoms with Crippen molar-refractivity contribution in [3.63, 3.8) is 0 Å². The van der Waals surface area contributed by atoms with Crippen molar-refractivity contribution < 1.29 is 19.1 Å². The SMILES string of the molecule is CCC(CC)C(=O)N1CCN(C(=O)Cc2ccc(OC)c(OC)c2)CC1. The number of hydrogen-bond donors (Lipinski definition) is 0. The molecule has 0 atom stereocenters. The number of carbonyl (C=O) groups excluding carboxylic acids is 2. The highest BCUT2D eigenvalue weighted by molar-refractivity contribution is 5.81. The highest BCUT2D eigenvalue weighted by Gasteiger charge is 2.27. The number of ether oxygens (including phenoxy) is 2. The first kappa shape index (κ1) is 20.1. The van der Waals surface area contributed by atoms with E-state index in [4.69, 9.17) is 9.47 Å². The zero-order chi connectivity index (χ0) is 19.1. The third kappa shape index (κ3) is 4.68. The third-order valence-electron chi connectivity index (χ3n) is 5.08. The Kier molecular flexibility index (Phi) is 7.30. The van der Waals surface area contributed by atoms with Crippen molar-refractivity contribution in [3.8, 4) is 11.5 Å². The van der Waals surface area contributed by atoms with Gasteiger partial charge in [-0.3, -0.25) is 9.59 Å². The summed E-state index contributed by atoms with van der Waals surface area (Å²) in [7, 11) is 3.17. The predicted molar refractivity (Wildman–Crippen MR) is 100 cm³/mol. The summed E-state index contributed by atoms with van der Waals surface area (Å²) in [6.07, 6.45) is 2.06. The molecule has 2 rings (SSSR count). The molecule has 0 bridgehead atoms. The maximum atomic E-state index is 12.6. The second-order valence-electron chi connectivity index (χ2n) is 6.59. The van der Waals surface area contributed by atoms with Gasteiger partial charge in [0.1, 0.15) is 0 Å². The molecule has 0 saturated carbocycles. The number of amides is 2. The van der Waals surface area contributed by atoms with Crippen LogP contribution in [-0.2, 0) is 16.0 Å². The Morgan fingerprint density at radius 3 is 2.08 bits per heavy atom. The molecule has 1 aromatic carbocycles. The third-order valence-corrected chi connectivity index (χ3v) is 5.08. The molecule has 0 N–H and O–H groups in total. The molecule has 1 aliphatic heterocycles. The summed E-state index contributed by atoms with van der Waals surface area (Å²) >= 11 is 0. The summed E-state index contributed by atoms with van der Waals surface area (Å²) in [6.45, 7) is 6.53. The zero-order valence-corrected chi connectivity index (χ0v) is 16.3. The van der Waals surface area contributed by atoms with Crippen molar-refractivity contribution in [2.24, 2.45) is 5.92 Å². The molecule has 0 aliphatic carbocycles. The summed E-state index contributed by atoms with van der Waals surface area (Å²) < 4.78 is 10.5. The van der Waals surface area contributed by atoms with E-state index in [2.05, 4.69) is 13.8 Å². The number of methoxy groups -OCH3 is 2. The molecule has 0 unspecified atom stereocenters. The molecule has 1 saturated heterocycles. The van der Waals surface area contributed by atoms with E-state index in [0.717, 1.165) is 18.4 Å². The smallest absolute Gasteiger partial charge is 0.227 e. The van der Waals surface area contributed by atoms with Crippen molar-refractivity contribution in [2.45, 2.75) is 33.1 Å². The van der Waals surface area contributed by atoms with E-state index in [0.29, 0.717) is 44.1 Å². The monoisotopic (exact) mass is 362 g/mol. The Bertz CT molecular complexity index is 620. The minimum absolute atomic E-state index is 0.0758. The normalized spacial score (nSPS) is 14.5. The van der Waals surface area contributed by atoms with Crippen LogP contribution >= 0.6 is 0 Å². The first-order chi connectivity index (χ1) is 12.5. The van der Waals surface area contributed by atoms with Crippen LogP contribution in [0.2, 0.25) is 0 Å². The van der Waals surface area contributed by atoms with Crippen molar-refractivity contribution in [3.05, 3.63) is 23.8 Å². The minimum Gasteiger partial charge on any atom is -0.493 e. The van der Waals surface area contributed by atoms with Crippen LogP contribution in [0.4, 0.5) is 0 Å². The van der Waals surface area contributed by atoms with Gasteiger partial charge in [-0.25, -0.2) is 0 Å². The maximum absolute atomic E-state index is 12.6. The van der Waals surface area contributed by atoms with Crippen LogP contribution in [0, 0.1) is 5.92 Å². The first-order valence-corrected chi connectivity index (χ1v) is 9.31. The fourth-order valence-corrected chi connectivity index (χ4v) is 3.35. The Hall–Kier alpha value is -2.24. The highest BCUT2D eigenvalue weighted by atomic mass is 16.5. The van der Waals surface area contributed by atoms with Gasteiger partial charge in [0.2, 0.25) is 11.8 Å². The predicted octanol–water partition coefficient (Wildman–Crippen LogP) is 2.35. The number of piperazine rings is 1. The fraction of sp³-hybridized carbons (Fsp3) is 0.600. The average Bonchev–Trinajstić information content (AvgIpc) is 2.68. The first-order valence-electron chi connectivity index (χ1n) is 9.31. The Morgan fingerprint density at radius 2 is 1.54 bits per heavy atom. The van der Waals surface area contributed by atoms with Gasteiger partial charge in [-0.05, 0) is 30.5 Å². The number of rotatable bonds is 7. The van der Waals surface area contributed by atoms with E-state index in [1.54, 1.807) is 14.2 Å². The van der Waals surface area contributed by atoms with E-state index in [1.807, 2.05) is 28.0 Å². The van der Waals surface area contributed by atoms with E-state index in [9.17, 15) is 9.59 Å². The second-order valence-corrected chi connectivity index (χ2v) is 6.59. The zero-order valence-electron chi connectivity index (χ0n) is 16.3. The molecule has 1 fully saturated rings. The lowest BCUT2D eigenvalue weighted by atomic mass is 10.0. The van der Waals surface area contributed by atoms with Gasteiger partial charge in [0.25, 0.3) is 0 Å². The summed E-state index contributed by atoms with van der Waals surface area (Å²) in [5.74, 6) is 1.67. The second kappa shape index (κ2) is 9.46. The molecule has 26 heavy (non-hydrogen) atoms. The van der Waals surface area contributed by atoms with Gasteiger partial charge in [-0.1, -0.05) is 19.9 Å². The molecule has 0 aromatic heterocycles. The van der Waals surface area contributed by atoms with Crippen LogP contribution in [-0.4, -0.2) is 62.0 Å². The topological polar surface area (TPSA) is 59.1 Å². The molecular formula is C20H30N2O4. The summed E-state index contributed by atoms with van der Waals surface area (Å²) in [5, 5.41) is 0. The minimum atomic E-state index is 0.0758. The highest BCUT2D eigenvalue weighted by Crippen LogP contribution is 2.28. The van der Waals surface area contributed by atoms with Crippen molar-refractivity contribution in [1.82, 2.24) is 9.80 Å². The van der Waals surface area contributed by atoms with Crippen molar-refractivity contribution in [2.75, 3.05) is 40.4 Å². The van der Waals surface area contributed by atoms with Crippen molar-refractivity contribution >= 4 is 11.8 Å².